The van der Waals surface area contributed by atoms with Gasteiger partial charge in [-0.3, -0.25) is 9.59 Å². The van der Waals surface area contributed by atoms with Crippen LogP contribution in [0.15, 0.2) is 60.7 Å². The molecule has 2 aromatic rings. The zero-order chi connectivity index (χ0) is 16.5. The topological polar surface area (TPSA) is 57.6 Å². The molecule has 23 heavy (non-hydrogen) atoms. The molecule has 0 saturated carbocycles. The number of aliphatic hydroxyl groups excluding tert-OH is 1. The van der Waals surface area contributed by atoms with E-state index in [4.69, 9.17) is 0 Å². The van der Waals surface area contributed by atoms with Gasteiger partial charge in [0.05, 0.1) is 6.04 Å². The third-order valence-corrected chi connectivity index (χ3v) is 3.82. The Labute approximate surface area is 136 Å². The van der Waals surface area contributed by atoms with E-state index in [2.05, 4.69) is 0 Å². The number of nitrogens with zero attached hydrogens (tertiary/aromatic N) is 1. The summed E-state index contributed by atoms with van der Waals surface area (Å²) in [5, 5.41) is 9.22. The number of hydrogen-bond donors (Lipinski definition) is 1. The van der Waals surface area contributed by atoms with Gasteiger partial charge in [-0.25, -0.2) is 0 Å². The molecule has 1 atom stereocenters. The molecule has 0 aliphatic carbocycles. The van der Waals surface area contributed by atoms with E-state index in [0.717, 1.165) is 11.1 Å². The van der Waals surface area contributed by atoms with E-state index in [-0.39, 0.29) is 5.78 Å². The third kappa shape index (κ3) is 5.04. The molecule has 0 saturated heterocycles. The first kappa shape index (κ1) is 16.9. The second-order valence-corrected chi connectivity index (χ2v) is 5.43. The Morgan fingerprint density at radius 1 is 1.00 bits per heavy atom. The zero-order valence-electron chi connectivity index (χ0n) is 13.0. The van der Waals surface area contributed by atoms with Crippen LogP contribution in [0.1, 0.15) is 17.5 Å². The molecule has 2 rings (SSSR count). The molecule has 0 heterocycles. The van der Waals surface area contributed by atoms with Crippen LogP contribution >= 0.6 is 0 Å². The highest BCUT2D eigenvalue weighted by Crippen LogP contribution is 2.13. The Hall–Kier alpha value is -2.46. The molecule has 0 fully saturated rings. The summed E-state index contributed by atoms with van der Waals surface area (Å²) in [6, 6.07) is 18.7. The van der Waals surface area contributed by atoms with Crippen LogP contribution in [0.5, 0.6) is 0 Å². The molecule has 0 spiro atoms. The minimum absolute atomic E-state index is 0.330. The third-order valence-electron chi connectivity index (χ3n) is 3.82. The van der Waals surface area contributed by atoms with Crippen LogP contribution in [-0.2, 0) is 22.6 Å². The van der Waals surface area contributed by atoms with E-state index < -0.39 is 12.6 Å². The van der Waals surface area contributed by atoms with Crippen LogP contribution in [0.3, 0.4) is 0 Å². The number of aryl methyl sites for hydroxylation is 1. The number of amides is 1. The zero-order valence-corrected chi connectivity index (χ0v) is 13.0. The summed E-state index contributed by atoms with van der Waals surface area (Å²) in [6.07, 6.45) is 1.86. The highest BCUT2D eigenvalue weighted by molar-refractivity contribution is 5.86. The van der Waals surface area contributed by atoms with Crippen LogP contribution in [0, 0.1) is 0 Å². The van der Waals surface area contributed by atoms with Crippen molar-refractivity contribution in [2.24, 2.45) is 0 Å². The highest BCUT2D eigenvalue weighted by Gasteiger charge is 2.24. The van der Waals surface area contributed by atoms with Gasteiger partial charge >= 0.3 is 0 Å². The Morgan fingerprint density at radius 3 is 2.09 bits per heavy atom. The van der Waals surface area contributed by atoms with Crippen molar-refractivity contribution < 1.29 is 14.7 Å². The van der Waals surface area contributed by atoms with Crippen molar-refractivity contribution >= 4 is 12.2 Å². The second-order valence-electron chi connectivity index (χ2n) is 5.43. The SMILES string of the molecule is O=CN(Cc1ccccc1)C(CCc1ccccc1)C(=O)CO. The predicted molar refractivity (Wildman–Crippen MR) is 88.7 cm³/mol. The monoisotopic (exact) mass is 311 g/mol. The summed E-state index contributed by atoms with van der Waals surface area (Å²) >= 11 is 0. The van der Waals surface area contributed by atoms with Crippen molar-refractivity contribution in [3.05, 3.63) is 71.8 Å². The van der Waals surface area contributed by atoms with Crippen LogP contribution in [0.25, 0.3) is 0 Å². The fourth-order valence-corrected chi connectivity index (χ4v) is 2.58. The molecule has 2 aromatic carbocycles. The standard InChI is InChI=1S/C19H21NO3/c21-14-19(23)18(12-11-16-7-3-1-4-8-16)20(15-22)13-17-9-5-2-6-10-17/h1-10,15,18,21H,11-14H2. The lowest BCUT2D eigenvalue weighted by Crippen LogP contribution is -2.41. The van der Waals surface area contributed by atoms with E-state index in [1.807, 2.05) is 60.7 Å². The van der Waals surface area contributed by atoms with E-state index in [0.29, 0.717) is 25.8 Å². The quantitative estimate of drug-likeness (QED) is 0.722. The fraction of sp³-hybridized carbons (Fsp3) is 0.263. The Morgan fingerprint density at radius 2 is 1.57 bits per heavy atom. The molecule has 1 amide bonds. The maximum Gasteiger partial charge on any atom is 0.210 e. The van der Waals surface area contributed by atoms with Gasteiger partial charge in [0.15, 0.2) is 5.78 Å². The molecule has 120 valence electrons. The number of benzene rings is 2. The van der Waals surface area contributed by atoms with Crippen molar-refractivity contribution in [3.8, 4) is 0 Å². The first-order valence-electron chi connectivity index (χ1n) is 7.67. The average molecular weight is 311 g/mol. The van der Waals surface area contributed by atoms with Crippen molar-refractivity contribution in [2.75, 3.05) is 6.61 Å². The molecule has 4 nitrogen and oxygen atoms in total. The largest absolute Gasteiger partial charge is 0.389 e. The molecule has 0 radical (unpaired) electrons. The number of aliphatic hydroxyl groups is 1. The number of hydrogen-bond acceptors (Lipinski definition) is 3. The van der Waals surface area contributed by atoms with Crippen LogP contribution in [0.4, 0.5) is 0 Å². The Balaban J connectivity index is 2.08. The van der Waals surface area contributed by atoms with Gasteiger partial charge in [0.2, 0.25) is 6.41 Å². The Bertz CT molecular complexity index is 613. The first-order valence-corrected chi connectivity index (χ1v) is 7.67. The normalized spacial score (nSPS) is 11.7. The summed E-state index contributed by atoms with van der Waals surface area (Å²) in [4.78, 5) is 25.0. The predicted octanol–water partition coefficient (Wildman–Crippen LogP) is 2.21. The van der Waals surface area contributed by atoms with Gasteiger partial charge < -0.3 is 10.0 Å². The van der Waals surface area contributed by atoms with Crippen LogP contribution in [0.2, 0.25) is 0 Å². The molecule has 0 aliphatic rings. The van der Waals surface area contributed by atoms with E-state index in [9.17, 15) is 14.7 Å². The molecule has 0 aliphatic heterocycles. The van der Waals surface area contributed by atoms with Gasteiger partial charge in [-0.1, -0.05) is 60.7 Å². The Kier molecular flexibility index (Phi) is 6.51. The lowest BCUT2D eigenvalue weighted by Gasteiger charge is -2.27. The lowest BCUT2D eigenvalue weighted by atomic mass is 10.0. The molecular weight excluding hydrogens is 290 g/mol. The minimum Gasteiger partial charge on any atom is -0.389 e. The van der Waals surface area contributed by atoms with Gasteiger partial charge in [0, 0.05) is 6.54 Å². The summed E-state index contributed by atoms with van der Waals surface area (Å²) < 4.78 is 0. The molecular formula is C19H21NO3. The number of rotatable bonds is 9. The van der Waals surface area contributed by atoms with Gasteiger partial charge in [0.25, 0.3) is 0 Å². The van der Waals surface area contributed by atoms with Crippen molar-refractivity contribution in [1.82, 2.24) is 4.90 Å². The summed E-state index contributed by atoms with van der Waals surface area (Å²) in [6.45, 7) is -0.200. The maximum absolute atomic E-state index is 12.1. The van der Waals surface area contributed by atoms with Crippen LogP contribution in [-0.4, -0.2) is 34.8 Å². The summed E-state index contributed by atoms with van der Waals surface area (Å²) in [7, 11) is 0. The first-order chi connectivity index (χ1) is 11.2. The molecule has 1 unspecified atom stereocenters. The maximum atomic E-state index is 12.1. The summed E-state index contributed by atoms with van der Waals surface area (Å²) in [5.41, 5.74) is 2.06. The molecule has 0 aromatic heterocycles. The second kappa shape index (κ2) is 8.86. The van der Waals surface area contributed by atoms with Crippen molar-refractivity contribution in [3.63, 3.8) is 0 Å². The summed E-state index contributed by atoms with van der Waals surface area (Å²) in [5.74, 6) is -0.330. The molecule has 0 bridgehead atoms. The van der Waals surface area contributed by atoms with Gasteiger partial charge in [0.1, 0.15) is 6.61 Å². The number of carbonyl (C=O) groups excluding carboxylic acids is 2. The fourth-order valence-electron chi connectivity index (χ4n) is 2.58. The highest BCUT2D eigenvalue weighted by atomic mass is 16.3. The van der Waals surface area contributed by atoms with E-state index in [1.54, 1.807) is 0 Å². The van der Waals surface area contributed by atoms with Gasteiger partial charge in [-0.2, -0.15) is 0 Å². The van der Waals surface area contributed by atoms with E-state index >= 15 is 0 Å². The van der Waals surface area contributed by atoms with Crippen LogP contribution < -0.4 is 0 Å². The smallest absolute Gasteiger partial charge is 0.210 e. The number of Topliss-reactive ketones (excluding diaryl/α,β-unsaturated/α-hetero) is 1. The lowest BCUT2D eigenvalue weighted by molar-refractivity contribution is -0.134. The number of carbonyl (C=O) groups is 2. The molecule has 4 heteroatoms. The number of ketones is 1. The molecule has 1 N–H and O–H groups in total. The van der Waals surface area contributed by atoms with Crippen molar-refractivity contribution in [2.45, 2.75) is 25.4 Å². The van der Waals surface area contributed by atoms with Gasteiger partial charge in [-0.05, 0) is 24.0 Å². The average Bonchev–Trinajstić information content (AvgIpc) is 2.62. The van der Waals surface area contributed by atoms with E-state index in [1.165, 1.54) is 4.90 Å². The van der Waals surface area contributed by atoms with Crippen molar-refractivity contribution in [1.29, 1.82) is 0 Å². The van der Waals surface area contributed by atoms with Gasteiger partial charge in [-0.15, -0.1) is 0 Å². The minimum atomic E-state index is -0.613.